The monoisotopic (exact) mass is 346 g/mol. The van der Waals surface area contributed by atoms with E-state index in [9.17, 15) is 9.59 Å². The molecule has 3 rings (SSSR count). The fourth-order valence-electron chi connectivity index (χ4n) is 2.36. The Bertz CT molecular complexity index is 909. The molecular weight excluding hydrogens is 328 g/mol. The van der Waals surface area contributed by atoms with Gasteiger partial charge in [0.15, 0.2) is 0 Å². The Balaban J connectivity index is 1.66. The molecule has 0 atom stereocenters. The van der Waals surface area contributed by atoms with Crippen molar-refractivity contribution >= 4 is 34.6 Å². The smallest absolute Gasteiger partial charge is 0.274 e. The van der Waals surface area contributed by atoms with Crippen LogP contribution in [-0.4, -0.2) is 16.8 Å². The highest BCUT2D eigenvalue weighted by molar-refractivity contribution is 6.03. The van der Waals surface area contributed by atoms with E-state index in [-0.39, 0.29) is 11.8 Å². The second-order valence-corrected chi connectivity index (χ2v) is 5.64. The summed E-state index contributed by atoms with van der Waals surface area (Å²) in [7, 11) is 0. The van der Waals surface area contributed by atoms with Crippen molar-refractivity contribution in [1.82, 2.24) is 4.98 Å². The number of hydrogen-bond donors (Lipinski definition) is 3. The van der Waals surface area contributed by atoms with E-state index in [4.69, 9.17) is 0 Å². The molecule has 2 aromatic carbocycles. The van der Waals surface area contributed by atoms with Gasteiger partial charge in [-0.1, -0.05) is 24.3 Å². The summed E-state index contributed by atoms with van der Waals surface area (Å²) in [5, 5.41) is 8.65. The molecule has 6 nitrogen and oxygen atoms in total. The molecule has 6 heteroatoms. The topological polar surface area (TPSA) is 83.1 Å². The Labute approximate surface area is 151 Å². The maximum Gasteiger partial charge on any atom is 0.274 e. The number of aromatic nitrogens is 1. The minimum atomic E-state index is -0.323. The predicted octanol–water partition coefficient (Wildman–Crippen LogP) is 4.04. The van der Waals surface area contributed by atoms with E-state index >= 15 is 0 Å². The number of hydrogen-bond acceptors (Lipinski definition) is 4. The van der Waals surface area contributed by atoms with Gasteiger partial charge in [-0.15, -0.1) is 0 Å². The average molecular weight is 346 g/mol. The lowest BCUT2D eigenvalue weighted by Crippen LogP contribution is -2.14. The van der Waals surface area contributed by atoms with Crippen molar-refractivity contribution in [3.05, 3.63) is 78.6 Å². The Morgan fingerprint density at radius 2 is 1.46 bits per heavy atom. The van der Waals surface area contributed by atoms with E-state index in [0.717, 1.165) is 11.4 Å². The third kappa shape index (κ3) is 4.67. The van der Waals surface area contributed by atoms with Crippen LogP contribution in [0.5, 0.6) is 0 Å². The number of pyridine rings is 1. The van der Waals surface area contributed by atoms with E-state index in [1.54, 1.807) is 42.6 Å². The molecule has 130 valence electrons. The molecule has 26 heavy (non-hydrogen) atoms. The summed E-state index contributed by atoms with van der Waals surface area (Å²) in [6.07, 6.45) is 1.61. The standard InChI is InChI=1S/C20H18N4O2/c1-14(25)22-16-8-5-9-17(12-16)24-20(26)19-11-10-18(13-21-19)23-15-6-3-2-4-7-15/h2-13,23H,1H3,(H,22,25)(H,24,26). The van der Waals surface area contributed by atoms with Crippen molar-refractivity contribution in [3.8, 4) is 0 Å². The van der Waals surface area contributed by atoms with Crippen LogP contribution >= 0.6 is 0 Å². The molecule has 1 heterocycles. The number of nitrogens with zero attached hydrogens (tertiary/aromatic N) is 1. The minimum Gasteiger partial charge on any atom is -0.354 e. The van der Waals surface area contributed by atoms with Crippen LogP contribution in [0.2, 0.25) is 0 Å². The summed E-state index contributed by atoms with van der Waals surface area (Å²) in [6, 6.07) is 20.1. The van der Waals surface area contributed by atoms with Gasteiger partial charge in [-0.25, -0.2) is 4.98 Å². The summed E-state index contributed by atoms with van der Waals surface area (Å²) in [6.45, 7) is 1.43. The number of benzene rings is 2. The molecule has 1 aromatic heterocycles. The molecular formula is C20H18N4O2. The van der Waals surface area contributed by atoms with Crippen LogP contribution in [0.15, 0.2) is 72.9 Å². The summed E-state index contributed by atoms with van der Waals surface area (Å²) in [5.41, 5.74) is 3.23. The second-order valence-electron chi connectivity index (χ2n) is 5.64. The lowest BCUT2D eigenvalue weighted by atomic mass is 10.2. The zero-order valence-corrected chi connectivity index (χ0v) is 14.2. The zero-order valence-electron chi connectivity index (χ0n) is 14.2. The number of anilines is 4. The lowest BCUT2D eigenvalue weighted by Gasteiger charge is -2.09. The fourth-order valence-corrected chi connectivity index (χ4v) is 2.36. The van der Waals surface area contributed by atoms with E-state index in [1.807, 2.05) is 30.3 Å². The van der Waals surface area contributed by atoms with Crippen molar-refractivity contribution < 1.29 is 9.59 Å². The summed E-state index contributed by atoms with van der Waals surface area (Å²) >= 11 is 0. The predicted molar refractivity (Wildman–Crippen MR) is 103 cm³/mol. The Hall–Kier alpha value is -3.67. The maximum absolute atomic E-state index is 12.3. The molecule has 0 fully saturated rings. The molecule has 0 radical (unpaired) electrons. The van der Waals surface area contributed by atoms with E-state index in [2.05, 4.69) is 20.9 Å². The van der Waals surface area contributed by atoms with Crippen LogP contribution in [0.1, 0.15) is 17.4 Å². The van der Waals surface area contributed by atoms with Gasteiger partial charge in [0.25, 0.3) is 5.91 Å². The molecule has 0 spiro atoms. The molecule has 0 aliphatic carbocycles. The van der Waals surface area contributed by atoms with Crippen LogP contribution in [-0.2, 0) is 4.79 Å². The van der Waals surface area contributed by atoms with Gasteiger partial charge in [0.05, 0.1) is 11.9 Å². The molecule has 3 N–H and O–H groups in total. The number of nitrogens with one attached hydrogen (secondary N) is 3. The van der Waals surface area contributed by atoms with Gasteiger partial charge in [-0.05, 0) is 42.5 Å². The van der Waals surface area contributed by atoms with Crippen molar-refractivity contribution in [2.75, 3.05) is 16.0 Å². The Morgan fingerprint density at radius 3 is 2.12 bits per heavy atom. The normalized spacial score (nSPS) is 10.0. The molecule has 0 saturated carbocycles. The van der Waals surface area contributed by atoms with Gasteiger partial charge in [-0.2, -0.15) is 0 Å². The van der Waals surface area contributed by atoms with Gasteiger partial charge >= 0.3 is 0 Å². The van der Waals surface area contributed by atoms with Crippen molar-refractivity contribution in [2.24, 2.45) is 0 Å². The molecule has 0 aliphatic heterocycles. The third-order valence-electron chi connectivity index (χ3n) is 3.50. The van der Waals surface area contributed by atoms with Crippen molar-refractivity contribution in [1.29, 1.82) is 0 Å². The van der Waals surface area contributed by atoms with Gasteiger partial charge in [0.1, 0.15) is 5.69 Å². The number of carbonyl (C=O) groups excluding carboxylic acids is 2. The number of carbonyl (C=O) groups is 2. The Morgan fingerprint density at radius 1 is 0.769 bits per heavy atom. The molecule has 0 unspecified atom stereocenters. The SMILES string of the molecule is CC(=O)Nc1cccc(NC(=O)c2ccc(Nc3ccccc3)cn2)c1. The van der Waals surface area contributed by atoms with Crippen LogP contribution in [0.4, 0.5) is 22.7 Å². The quantitative estimate of drug-likeness (QED) is 0.651. The van der Waals surface area contributed by atoms with Crippen LogP contribution in [0.25, 0.3) is 0 Å². The van der Waals surface area contributed by atoms with Crippen LogP contribution in [0, 0.1) is 0 Å². The third-order valence-corrected chi connectivity index (χ3v) is 3.50. The van der Waals surface area contributed by atoms with Crippen molar-refractivity contribution in [3.63, 3.8) is 0 Å². The van der Waals surface area contributed by atoms with Gasteiger partial charge in [0.2, 0.25) is 5.91 Å². The van der Waals surface area contributed by atoms with Crippen LogP contribution < -0.4 is 16.0 Å². The molecule has 0 saturated heterocycles. The first-order valence-electron chi connectivity index (χ1n) is 8.07. The summed E-state index contributed by atoms with van der Waals surface area (Å²) in [5.74, 6) is -0.493. The molecule has 3 aromatic rings. The molecule has 0 bridgehead atoms. The summed E-state index contributed by atoms with van der Waals surface area (Å²) < 4.78 is 0. The first kappa shape index (κ1) is 17.2. The second kappa shape index (κ2) is 7.94. The lowest BCUT2D eigenvalue weighted by molar-refractivity contribution is -0.114. The number of para-hydroxylation sites is 1. The maximum atomic E-state index is 12.3. The fraction of sp³-hybridized carbons (Fsp3) is 0.0500. The number of amides is 2. The van der Waals surface area contributed by atoms with Gasteiger partial charge < -0.3 is 16.0 Å². The average Bonchev–Trinajstić information content (AvgIpc) is 2.63. The van der Waals surface area contributed by atoms with E-state index < -0.39 is 0 Å². The highest BCUT2D eigenvalue weighted by Crippen LogP contribution is 2.17. The Kier molecular flexibility index (Phi) is 5.24. The largest absolute Gasteiger partial charge is 0.354 e. The van der Waals surface area contributed by atoms with E-state index in [1.165, 1.54) is 6.92 Å². The van der Waals surface area contributed by atoms with Crippen LogP contribution in [0.3, 0.4) is 0 Å². The highest BCUT2D eigenvalue weighted by atomic mass is 16.2. The first-order valence-corrected chi connectivity index (χ1v) is 8.07. The minimum absolute atomic E-state index is 0.170. The molecule has 0 aliphatic rings. The first-order chi connectivity index (χ1) is 12.6. The van der Waals surface area contributed by atoms with Gasteiger partial charge in [-0.3, -0.25) is 9.59 Å². The van der Waals surface area contributed by atoms with Gasteiger partial charge in [0, 0.05) is 24.0 Å². The summed E-state index contributed by atoms with van der Waals surface area (Å²) in [4.78, 5) is 27.6. The number of rotatable bonds is 5. The zero-order chi connectivity index (χ0) is 18.4. The molecule has 2 amide bonds. The van der Waals surface area contributed by atoms with Crippen molar-refractivity contribution in [2.45, 2.75) is 6.92 Å². The van der Waals surface area contributed by atoms with E-state index in [0.29, 0.717) is 17.1 Å². The highest BCUT2D eigenvalue weighted by Gasteiger charge is 2.08.